The molecule has 6 heteroatoms. The van der Waals surface area contributed by atoms with Gasteiger partial charge in [-0.25, -0.2) is 0 Å². The summed E-state index contributed by atoms with van der Waals surface area (Å²) in [7, 11) is 0. The number of Topliss-reactive ketones (excluding diaryl/α,β-unsaturated/α-hetero) is 2. The molecule has 3 aromatic carbocycles. The van der Waals surface area contributed by atoms with E-state index in [1.807, 2.05) is 42.5 Å². The van der Waals surface area contributed by atoms with E-state index in [1.165, 1.54) is 11.1 Å². The van der Waals surface area contributed by atoms with Crippen LogP contribution in [0, 0.1) is 16.7 Å². The van der Waals surface area contributed by atoms with E-state index in [4.69, 9.17) is 5.41 Å². The lowest BCUT2D eigenvalue weighted by Crippen LogP contribution is -2.35. The molecule has 248 valence electrons. The zero-order valence-corrected chi connectivity index (χ0v) is 29.9. The number of carbonyl (C=O) groups is 2. The maximum Gasteiger partial charge on any atom is 0.209 e. The molecule has 0 bridgehead atoms. The highest BCUT2D eigenvalue weighted by Gasteiger charge is 2.50. The molecular formula is C44H41N4O2+. The van der Waals surface area contributed by atoms with Crippen LogP contribution < -0.4 is 4.90 Å². The van der Waals surface area contributed by atoms with Gasteiger partial charge >= 0.3 is 0 Å². The fourth-order valence-electron chi connectivity index (χ4n) is 8.37. The van der Waals surface area contributed by atoms with Crippen LogP contribution in [0.3, 0.4) is 0 Å². The summed E-state index contributed by atoms with van der Waals surface area (Å²) in [6, 6.07) is 26.1. The Morgan fingerprint density at radius 3 is 2.06 bits per heavy atom. The average Bonchev–Trinajstić information content (AvgIpc) is 3.60. The number of hydrogen-bond acceptors (Lipinski definition) is 5. The van der Waals surface area contributed by atoms with Gasteiger partial charge in [-0.1, -0.05) is 74.5 Å². The molecule has 0 saturated heterocycles. The summed E-state index contributed by atoms with van der Waals surface area (Å²) in [5.74, 6) is 1.88. The van der Waals surface area contributed by atoms with Gasteiger partial charge < -0.3 is 4.90 Å². The molecule has 0 amide bonds. The monoisotopic (exact) mass is 657 g/mol. The highest BCUT2D eigenvalue weighted by atomic mass is 16.1. The van der Waals surface area contributed by atoms with Crippen LogP contribution in [0.5, 0.6) is 0 Å². The van der Waals surface area contributed by atoms with Crippen LogP contribution in [0.4, 0.5) is 11.4 Å². The van der Waals surface area contributed by atoms with Gasteiger partial charge in [-0.3, -0.25) is 15.0 Å². The lowest BCUT2D eigenvalue weighted by molar-refractivity contribution is -0.472. The minimum Gasteiger partial charge on any atom is -0.341 e. The van der Waals surface area contributed by atoms with Gasteiger partial charge in [0.05, 0.1) is 5.41 Å². The maximum absolute atomic E-state index is 14.7. The summed E-state index contributed by atoms with van der Waals surface area (Å²) < 4.78 is 2.28. The summed E-state index contributed by atoms with van der Waals surface area (Å²) in [6.07, 6.45) is 3.94. The zero-order chi connectivity index (χ0) is 35.9. The molecule has 0 spiro atoms. The van der Waals surface area contributed by atoms with Crippen LogP contribution in [-0.2, 0) is 15.6 Å². The predicted octanol–water partition coefficient (Wildman–Crippen LogP) is 8.72. The van der Waals surface area contributed by atoms with Crippen molar-refractivity contribution in [1.29, 1.82) is 10.7 Å². The van der Waals surface area contributed by atoms with Crippen molar-refractivity contribution in [2.45, 2.75) is 78.3 Å². The van der Waals surface area contributed by atoms with E-state index < -0.39 is 10.8 Å². The van der Waals surface area contributed by atoms with Crippen molar-refractivity contribution in [3.8, 4) is 6.07 Å². The molecule has 2 aliphatic heterocycles. The maximum atomic E-state index is 14.7. The summed E-state index contributed by atoms with van der Waals surface area (Å²) in [4.78, 5) is 31.5. The van der Waals surface area contributed by atoms with E-state index in [2.05, 4.69) is 101 Å². The number of para-hydroxylation sites is 2. The van der Waals surface area contributed by atoms with E-state index in [9.17, 15) is 14.9 Å². The first-order valence-electron chi connectivity index (χ1n) is 17.2. The van der Waals surface area contributed by atoms with Gasteiger partial charge in [0.25, 0.3) is 0 Å². The standard InChI is InChI=1S/C44H41N4O2/c1-25(2)47-34-19-13-11-17-32(34)43(5,6)36(47)21-30-39(40-38(27(23-45)24-46)28-15-9-10-16-29(28)42(40)50)31(41(30)49)22-37-44(7,8)33-18-12-14-20-35(33)48(37)26(3)4/h9-22,25-26,45H,1-8H3/q+1. The summed E-state index contributed by atoms with van der Waals surface area (Å²) >= 11 is 0. The summed E-state index contributed by atoms with van der Waals surface area (Å²) in [6.45, 7) is 17.2. The predicted molar refractivity (Wildman–Crippen MR) is 199 cm³/mol. The highest BCUT2D eigenvalue weighted by molar-refractivity contribution is 6.35. The van der Waals surface area contributed by atoms with Crippen LogP contribution in [-0.4, -0.2) is 39.8 Å². The molecule has 50 heavy (non-hydrogen) atoms. The molecule has 1 N–H and O–H groups in total. The number of anilines is 1. The second-order valence-corrected chi connectivity index (χ2v) is 15.0. The Bertz CT molecular complexity index is 2320. The van der Waals surface area contributed by atoms with E-state index in [-0.39, 0.29) is 34.8 Å². The fourth-order valence-corrected chi connectivity index (χ4v) is 8.37. The topological polar surface area (TPSA) is 88.0 Å². The molecule has 2 heterocycles. The van der Waals surface area contributed by atoms with Gasteiger partial charge in [0.1, 0.15) is 11.6 Å². The molecule has 0 fully saturated rings. The number of ketones is 2. The third-order valence-corrected chi connectivity index (χ3v) is 10.8. The van der Waals surface area contributed by atoms with Gasteiger partial charge in [0.2, 0.25) is 5.69 Å². The summed E-state index contributed by atoms with van der Waals surface area (Å²) in [5.41, 5.74) is 8.58. The van der Waals surface area contributed by atoms with Crippen LogP contribution in [0.25, 0.3) is 5.57 Å². The van der Waals surface area contributed by atoms with Crippen molar-refractivity contribution in [1.82, 2.24) is 0 Å². The van der Waals surface area contributed by atoms with Gasteiger partial charge in [0.15, 0.2) is 23.3 Å². The van der Waals surface area contributed by atoms with Crippen molar-refractivity contribution in [2.24, 2.45) is 0 Å². The van der Waals surface area contributed by atoms with Gasteiger partial charge in [-0.2, -0.15) is 9.84 Å². The molecule has 4 aliphatic rings. The fraction of sp³-hybridized carbons (Fsp3) is 0.273. The first-order chi connectivity index (χ1) is 23.8. The molecule has 0 radical (unpaired) electrons. The van der Waals surface area contributed by atoms with Gasteiger partial charge in [0, 0.05) is 74.0 Å². The molecular weight excluding hydrogens is 617 g/mol. The minimum atomic E-state index is -0.427. The Morgan fingerprint density at radius 2 is 1.42 bits per heavy atom. The first kappa shape index (κ1) is 32.9. The number of rotatable bonds is 6. The van der Waals surface area contributed by atoms with Crippen molar-refractivity contribution in [2.75, 3.05) is 4.90 Å². The van der Waals surface area contributed by atoms with Gasteiger partial charge in [-0.15, -0.1) is 0 Å². The van der Waals surface area contributed by atoms with Gasteiger partial charge in [-0.05, 0) is 70.7 Å². The molecule has 0 unspecified atom stereocenters. The highest BCUT2D eigenvalue weighted by Crippen LogP contribution is 2.52. The number of nitrogens with one attached hydrogen (secondary N) is 1. The molecule has 0 saturated carbocycles. The Hall–Kier alpha value is -5.63. The first-order valence-corrected chi connectivity index (χ1v) is 17.2. The number of allylic oxidation sites excluding steroid dienone is 9. The van der Waals surface area contributed by atoms with E-state index >= 15 is 0 Å². The van der Waals surface area contributed by atoms with Crippen molar-refractivity contribution >= 4 is 40.1 Å². The molecule has 7 rings (SSSR count). The number of hydrogen-bond donors (Lipinski definition) is 1. The number of benzene rings is 3. The van der Waals surface area contributed by atoms with Crippen molar-refractivity contribution in [3.63, 3.8) is 0 Å². The number of fused-ring (bicyclic) bond motifs is 3. The third-order valence-electron chi connectivity index (χ3n) is 10.8. The Labute approximate surface area is 294 Å². The number of nitriles is 1. The minimum absolute atomic E-state index is 0.0426. The molecule has 2 aliphatic carbocycles. The van der Waals surface area contributed by atoms with Crippen LogP contribution >= 0.6 is 0 Å². The van der Waals surface area contributed by atoms with E-state index in [1.54, 1.807) is 18.2 Å². The van der Waals surface area contributed by atoms with Crippen LogP contribution in [0.2, 0.25) is 0 Å². The van der Waals surface area contributed by atoms with Crippen LogP contribution in [0.1, 0.15) is 82.4 Å². The van der Waals surface area contributed by atoms with Crippen LogP contribution in [0.15, 0.2) is 119 Å². The SMILES string of the molecule is CC(C)N1/C(=C/C2=C(C3=C(C(=C=N)C#N)c4ccccc4C3=O)C(=C/C3=[N+](C(C)C)c4ccccc4C3(C)C)/C2=O)C(C)(C)c2ccccc21. The normalized spacial score (nSPS) is 20.1. The quantitative estimate of drug-likeness (QED) is 0.124. The lowest BCUT2D eigenvalue weighted by atomic mass is 9.71. The molecule has 0 aromatic heterocycles. The zero-order valence-electron chi connectivity index (χ0n) is 29.9. The smallest absolute Gasteiger partial charge is 0.209 e. The Morgan fingerprint density at radius 1 is 0.800 bits per heavy atom. The summed E-state index contributed by atoms with van der Waals surface area (Å²) in [5, 5.41) is 18.3. The second kappa shape index (κ2) is 11.5. The van der Waals surface area contributed by atoms with E-state index in [0.717, 1.165) is 22.8 Å². The third kappa shape index (κ3) is 4.47. The molecule has 0 atom stereocenters. The second-order valence-electron chi connectivity index (χ2n) is 15.0. The Balaban J connectivity index is 1.56. The average molecular weight is 658 g/mol. The number of carbonyl (C=O) groups excluding carboxylic acids is 2. The Kier molecular flexibility index (Phi) is 7.55. The molecule has 6 nitrogen and oxygen atoms in total. The van der Waals surface area contributed by atoms with Crippen molar-refractivity contribution < 1.29 is 14.2 Å². The number of nitrogens with zero attached hydrogens (tertiary/aromatic N) is 3. The molecule has 3 aromatic rings. The largest absolute Gasteiger partial charge is 0.341 e. The van der Waals surface area contributed by atoms with E-state index in [0.29, 0.717) is 33.4 Å². The lowest BCUT2D eigenvalue weighted by Gasteiger charge is -2.33. The van der Waals surface area contributed by atoms with Crippen molar-refractivity contribution in [3.05, 3.63) is 141 Å².